The SMILES string of the molecule is CC(NC(=O)NCc1ccc(NC(=O)C2CC2)cc1)c1nc2ccccc2[nH]1. The van der Waals surface area contributed by atoms with Crippen LogP contribution in [0, 0.1) is 5.92 Å². The van der Waals surface area contributed by atoms with Crippen LogP contribution in [0.3, 0.4) is 0 Å². The van der Waals surface area contributed by atoms with Gasteiger partial charge in [-0.3, -0.25) is 4.79 Å². The number of nitrogens with one attached hydrogen (secondary N) is 4. The van der Waals surface area contributed by atoms with Crippen LogP contribution >= 0.6 is 0 Å². The highest BCUT2D eigenvalue weighted by molar-refractivity contribution is 5.94. The molecule has 1 aliphatic carbocycles. The van der Waals surface area contributed by atoms with Gasteiger partial charge in [0.2, 0.25) is 5.91 Å². The van der Waals surface area contributed by atoms with Crippen molar-refractivity contribution in [3.63, 3.8) is 0 Å². The molecule has 144 valence electrons. The molecule has 1 fully saturated rings. The van der Waals surface area contributed by atoms with Crippen LogP contribution in [0.2, 0.25) is 0 Å². The minimum absolute atomic E-state index is 0.0878. The highest BCUT2D eigenvalue weighted by Gasteiger charge is 2.29. The van der Waals surface area contributed by atoms with E-state index in [0.29, 0.717) is 12.4 Å². The Hall–Kier alpha value is -3.35. The molecule has 7 nitrogen and oxygen atoms in total. The van der Waals surface area contributed by atoms with E-state index in [1.807, 2.05) is 55.5 Å². The lowest BCUT2D eigenvalue weighted by Crippen LogP contribution is -2.36. The van der Waals surface area contributed by atoms with Crippen LogP contribution in [0.4, 0.5) is 10.5 Å². The number of aromatic nitrogens is 2. The topological polar surface area (TPSA) is 98.9 Å². The first-order chi connectivity index (χ1) is 13.6. The summed E-state index contributed by atoms with van der Waals surface area (Å²) in [6, 6.07) is 14.7. The van der Waals surface area contributed by atoms with Gasteiger partial charge < -0.3 is 20.9 Å². The zero-order valence-corrected chi connectivity index (χ0v) is 15.7. The number of amides is 3. The number of rotatable bonds is 6. The van der Waals surface area contributed by atoms with Gasteiger partial charge in [-0.1, -0.05) is 24.3 Å². The van der Waals surface area contributed by atoms with Crippen molar-refractivity contribution in [2.24, 2.45) is 5.92 Å². The lowest BCUT2D eigenvalue weighted by Gasteiger charge is -2.13. The van der Waals surface area contributed by atoms with Crippen LogP contribution in [0.5, 0.6) is 0 Å². The number of carbonyl (C=O) groups is 2. The molecule has 1 saturated carbocycles. The van der Waals surface area contributed by atoms with E-state index in [9.17, 15) is 9.59 Å². The fraction of sp³-hybridized carbons (Fsp3) is 0.286. The van der Waals surface area contributed by atoms with Crippen molar-refractivity contribution in [1.82, 2.24) is 20.6 Å². The molecule has 0 spiro atoms. The molecule has 1 atom stereocenters. The summed E-state index contributed by atoms with van der Waals surface area (Å²) in [4.78, 5) is 31.7. The third-order valence-electron chi connectivity index (χ3n) is 4.79. The minimum atomic E-state index is -0.265. The van der Waals surface area contributed by atoms with Gasteiger partial charge in [-0.2, -0.15) is 0 Å². The molecule has 4 rings (SSSR count). The van der Waals surface area contributed by atoms with E-state index in [0.717, 1.165) is 35.1 Å². The van der Waals surface area contributed by atoms with Crippen molar-refractivity contribution in [2.45, 2.75) is 32.4 Å². The van der Waals surface area contributed by atoms with E-state index in [2.05, 4.69) is 25.9 Å². The van der Waals surface area contributed by atoms with E-state index in [1.54, 1.807) is 0 Å². The monoisotopic (exact) mass is 377 g/mol. The van der Waals surface area contributed by atoms with Crippen molar-refractivity contribution in [1.29, 1.82) is 0 Å². The van der Waals surface area contributed by atoms with Gasteiger partial charge >= 0.3 is 6.03 Å². The number of imidazole rings is 1. The van der Waals surface area contributed by atoms with Crippen LogP contribution in [0.15, 0.2) is 48.5 Å². The summed E-state index contributed by atoms with van der Waals surface area (Å²) < 4.78 is 0. The van der Waals surface area contributed by atoms with E-state index in [1.165, 1.54) is 0 Å². The predicted molar refractivity (Wildman–Crippen MR) is 108 cm³/mol. The molecule has 28 heavy (non-hydrogen) atoms. The Kier molecular flexibility index (Phi) is 4.97. The van der Waals surface area contributed by atoms with Crippen molar-refractivity contribution in [3.05, 3.63) is 59.9 Å². The summed E-state index contributed by atoms with van der Waals surface area (Å²) in [6.45, 7) is 2.28. The number of H-pyrrole nitrogens is 1. The van der Waals surface area contributed by atoms with Crippen LogP contribution in [0.1, 0.15) is 37.2 Å². The number of urea groups is 1. The number of hydrogen-bond acceptors (Lipinski definition) is 3. The lowest BCUT2D eigenvalue weighted by molar-refractivity contribution is -0.117. The molecule has 3 aromatic rings. The number of anilines is 1. The quantitative estimate of drug-likeness (QED) is 0.529. The predicted octanol–water partition coefficient (Wildman–Crippen LogP) is 3.47. The number of nitrogens with zero attached hydrogens (tertiary/aromatic N) is 1. The number of fused-ring (bicyclic) bond motifs is 1. The van der Waals surface area contributed by atoms with E-state index in [4.69, 9.17) is 0 Å². The van der Waals surface area contributed by atoms with Gasteiger partial charge in [0.1, 0.15) is 5.82 Å². The third-order valence-corrected chi connectivity index (χ3v) is 4.79. The van der Waals surface area contributed by atoms with E-state index >= 15 is 0 Å². The molecule has 0 aliphatic heterocycles. The van der Waals surface area contributed by atoms with Crippen molar-refractivity contribution < 1.29 is 9.59 Å². The maximum Gasteiger partial charge on any atom is 0.315 e. The van der Waals surface area contributed by atoms with Gasteiger partial charge in [-0.25, -0.2) is 9.78 Å². The molecule has 0 bridgehead atoms. The molecular formula is C21H23N5O2. The molecule has 7 heteroatoms. The van der Waals surface area contributed by atoms with E-state index in [-0.39, 0.29) is 23.9 Å². The zero-order chi connectivity index (χ0) is 19.5. The Morgan fingerprint density at radius 1 is 1.14 bits per heavy atom. The molecule has 1 aromatic heterocycles. The fourth-order valence-electron chi connectivity index (χ4n) is 2.97. The second-order valence-electron chi connectivity index (χ2n) is 7.15. The number of hydrogen-bond donors (Lipinski definition) is 4. The van der Waals surface area contributed by atoms with Gasteiger partial charge in [0, 0.05) is 18.2 Å². The summed E-state index contributed by atoms with van der Waals surface area (Å²) in [5.41, 5.74) is 3.56. The Bertz CT molecular complexity index is 958. The number of para-hydroxylation sites is 2. The molecule has 4 N–H and O–H groups in total. The van der Waals surface area contributed by atoms with Crippen LogP contribution in [-0.4, -0.2) is 21.9 Å². The second-order valence-corrected chi connectivity index (χ2v) is 7.15. The minimum Gasteiger partial charge on any atom is -0.340 e. The second kappa shape index (κ2) is 7.72. The van der Waals surface area contributed by atoms with Crippen molar-refractivity contribution in [3.8, 4) is 0 Å². The smallest absolute Gasteiger partial charge is 0.315 e. The maximum absolute atomic E-state index is 12.2. The first-order valence-corrected chi connectivity index (χ1v) is 9.47. The summed E-state index contributed by atoms with van der Waals surface area (Å²) in [5, 5.41) is 8.63. The standard InChI is InChI=1S/C21H23N5O2/c1-13(19-25-17-4-2-3-5-18(17)26-19)23-21(28)22-12-14-6-10-16(11-7-14)24-20(27)15-8-9-15/h2-7,10-11,13,15H,8-9,12H2,1H3,(H,24,27)(H,25,26)(H2,22,23,28). The Morgan fingerprint density at radius 2 is 1.89 bits per heavy atom. The Morgan fingerprint density at radius 3 is 2.61 bits per heavy atom. The number of benzene rings is 2. The summed E-state index contributed by atoms with van der Waals surface area (Å²) in [7, 11) is 0. The average molecular weight is 377 g/mol. The Labute approximate surface area is 162 Å². The zero-order valence-electron chi connectivity index (χ0n) is 15.7. The van der Waals surface area contributed by atoms with Crippen molar-refractivity contribution in [2.75, 3.05) is 5.32 Å². The molecule has 1 heterocycles. The van der Waals surface area contributed by atoms with E-state index < -0.39 is 0 Å². The Balaban J connectivity index is 1.27. The highest BCUT2D eigenvalue weighted by atomic mass is 16.2. The summed E-state index contributed by atoms with van der Waals surface area (Å²) >= 11 is 0. The van der Waals surface area contributed by atoms with Crippen LogP contribution in [-0.2, 0) is 11.3 Å². The molecule has 3 amide bonds. The summed E-state index contributed by atoms with van der Waals surface area (Å²) in [5.74, 6) is 0.982. The number of carbonyl (C=O) groups excluding carboxylic acids is 2. The first-order valence-electron chi connectivity index (χ1n) is 9.47. The highest BCUT2D eigenvalue weighted by Crippen LogP contribution is 2.30. The number of aromatic amines is 1. The summed E-state index contributed by atoms with van der Waals surface area (Å²) in [6.07, 6.45) is 1.96. The van der Waals surface area contributed by atoms with Gasteiger partial charge in [-0.15, -0.1) is 0 Å². The largest absolute Gasteiger partial charge is 0.340 e. The normalized spacial score (nSPS) is 14.5. The van der Waals surface area contributed by atoms with Gasteiger partial charge in [0.25, 0.3) is 0 Å². The molecule has 0 radical (unpaired) electrons. The first kappa shape index (κ1) is 18.0. The molecular weight excluding hydrogens is 354 g/mol. The fourth-order valence-corrected chi connectivity index (χ4v) is 2.97. The molecule has 1 aliphatic rings. The van der Waals surface area contributed by atoms with Crippen LogP contribution < -0.4 is 16.0 Å². The maximum atomic E-state index is 12.2. The third kappa shape index (κ3) is 4.31. The molecule has 2 aromatic carbocycles. The van der Waals surface area contributed by atoms with Gasteiger partial charge in [0.15, 0.2) is 0 Å². The molecule has 0 saturated heterocycles. The van der Waals surface area contributed by atoms with Gasteiger partial charge in [0.05, 0.1) is 17.1 Å². The average Bonchev–Trinajstić information content (AvgIpc) is 3.46. The van der Waals surface area contributed by atoms with Crippen molar-refractivity contribution >= 4 is 28.7 Å². The van der Waals surface area contributed by atoms with Crippen LogP contribution in [0.25, 0.3) is 11.0 Å². The molecule has 1 unspecified atom stereocenters. The lowest BCUT2D eigenvalue weighted by atomic mass is 10.2. The van der Waals surface area contributed by atoms with Gasteiger partial charge in [-0.05, 0) is 49.6 Å².